The fourth-order valence-electron chi connectivity index (χ4n) is 2.10. The lowest BCUT2D eigenvalue weighted by Crippen LogP contribution is -2.05. The van der Waals surface area contributed by atoms with Gasteiger partial charge < -0.3 is 10.5 Å². The van der Waals surface area contributed by atoms with Gasteiger partial charge in [-0.1, -0.05) is 20.3 Å². The van der Waals surface area contributed by atoms with Crippen molar-refractivity contribution in [2.45, 2.75) is 40.0 Å². The largest absolute Gasteiger partial charge is 0.497 e. The highest BCUT2D eigenvalue weighted by molar-refractivity contribution is 5.35. The van der Waals surface area contributed by atoms with Crippen LogP contribution < -0.4 is 5.73 Å². The molecular formula is C12H23NO. The molecule has 2 atom stereocenters. The maximum atomic E-state index is 5.69. The molecule has 2 unspecified atom stereocenters. The third-order valence-electron chi connectivity index (χ3n) is 2.97. The Hall–Kier alpha value is -0.500. The molecule has 2 nitrogen and oxygen atoms in total. The highest BCUT2D eigenvalue weighted by Gasteiger charge is 2.38. The van der Waals surface area contributed by atoms with E-state index >= 15 is 0 Å². The molecule has 0 bridgehead atoms. The minimum atomic E-state index is 0.646. The second-order valence-corrected chi connectivity index (χ2v) is 4.28. The first kappa shape index (κ1) is 11.6. The van der Waals surface area contributed by atoms with Gasteiger partial charge >= 0.3 is 0 Å². The van der Waals surface area contributed by atoms with Gasteiger partial charge in [0.2, 0.25) is 0 Å². The van der Waals surface area contributed by atoms with Crippen LogP contribution in [-0.2, 0) is 4.74 Å². The van der Waals surface area contributed by atoms with E-state index in [9.17, 15) is 0 Å². The Morgan fingerprint density at radius 2 is 2.21 bits per heavy atom. The van der Waals surface area contributed by atoms with Crippen LogP contribution in [0.15, 0.2) is 11.3 Å². The normalized spacial score (nSPS) is 22.4. The number of hydrogen-bond acceptors (Lipinski definition) is 2. The molecule has 0 saturated carbocycles. The topological polar surface area (TPSA) is 35.2 Å². The fourth-order valence-corrected chi connectivity index (χ4v) is 2.10. The molecule has 1 rings (SSSR count). The standard InChI is InChI=1S/C12H23NO/c1-4-6-9(2)11-10(3)12(11)14-8-5-7-13/h9,11H,4-8,13H2,1-3H3. The number of allylic oxidation sites excluding steroid dienone is 2. The zero-order chi connectivity index (χ0) is 10.6. The molecule has 2 heteroatoms. The SMILES string of the molecule is CCCC(C)C1C(C)=C1OCCCN. The first-order chi connectivity index (χ1) is 6.72. The molecule has 1 aliphatic rings. The van der Waals surface area contributed by atoms with E-state index in [1.165, 1.54) is 24.2 Å². The molecule has 0 radical (unpaired) electrons. The maximum Gasteiger partial charge on any atom is 0.103 e. The van der Waals surface area contributed by atoms with E-state index in [0.717, 1.165) is 25.5 Å². The molecule has 0 saturated heterocycles. The zero-order valence-corrected chi connectivity index (χ0v) is 9.68. The minimum Gasteiger partial charge on any atom is -0.497 e. The second-order valence-electron chi connectivity index (χ2n) is 4.28. The predicted molar refractivity (Wildman–Crippen MR) is 59.9 cm³/mol. The molecule has 0 heterocycles. The van der Waals surface area contributed by atoms with Gasteiger partial charge in [0.05, 0.1) is 6.61 Å². The number of nitrogens with two attached hydrogens (primary N) is 1. The summed E-state index contributed by atoms with van der Waals surface area (Å²) in [4.78, 5) is 0. The summed E-state index contributed by atoms with van der Waals surface area (Å²) in [7, 11) is 0. The Morgan fingerprint density at radius 1 is 1.50 bits per heavy atom. The van der Waals surface area contributed by atoms with Crippen LogP contribution in [0.25, 0.3) is 0 Å². The van der Waals surface area contributed by atoms with Crippen molar-refractivity contribution < 1.29 is 4.74 Å². The van der Waals surface area contributed by atoms with E-state index in [1.807, 2.05) is 0 Å². The lowest BCUT2D eigenvalue weighted by atomic mass is 9.97. The van der Waals surface area contributed by atoms with E-state index in [2.05, 4.69) is 20.8 Å². The Morgan fingerprint density at radius 3 is 2.79 bits per heavy atom. The fraction of sp³-hybridized carbons (Fsp3) is 0.833. The highest BCUT2D eigenvalue weighted by atomic mass is 16.5. The van der Waals surface area contributed by atoms with Gasteiger partial charge in [-0.05, 0) is 37.8 Å². The summed E-state index contributed by atoms with van der Waals surface area (Å²) in [6.07, 6.45) is 3.53. The molecule has 1 aliphatic carbocycles. The summed E-state index contributed by atoms with van der Waals surface area (Å²) in [6, 6.07) is 0. The van der Waals surface area contributed by atoms with Gasteiger partial charge in [-0.15, -0.1) is 0 Å². The molecule has 82 valence electrons. The van der Waals surface area contributed by atoms with Gasteiger partial charge in [0.1, 0.15) is 5.76 Å². The van der Waals surface area contributed by atoms with Crippen LogP contribution in [-0.4, -0.2) is 13.2 Å². The predicted octanol–water partition coefficient (Wildman–Crippen LogP) is 2.69. The van der Waals surface area contributed by atoms with Crippen LogP contribution in [0.4, 0.5) is 0 Å². The first-order valence-electron chi connectivity index (χ1n) is 5.75. The molecule has 0 aliphatic heterocycles. The van der Waals surface area contributed by atoms with Gasteiger partial charge in [-0.3, -0.25) is 0 Å². The Bertz CT molecular complexity index is 210. The van der Waals surface area contributed by atoms with Crippen molar-refractivity contribution in [2.75, 3.05) is 13.2 Å². The van der Waals surface area contributed by atoms with Crippen molar-refractivity contribution in [3.8, 4) is 0 Å². The summed E-state index contributed by atoms with van der Waals surface area (Å²) in [5.41, 5.74) is 6.88. The molecule has 0 aromatic heterocycles. The number of rotatable bonds is 7. The summed E-state index contributed by atoms with van der Waals surface area (Å²) in [5, 5.41) is 0. The van der Waals surface area contributed by atoms with Crippen LogP contribution in [0.5, 0.6) is 0 Å². The average molecular weight is 197 g/mol. The summed E-state index contributed by atoms with van der Waals surface area (Å²) < 4.78 is 5.69. The van der Waals surface area contributed by atoms with Gasteiger partial charge in [-0.2, -0.15) is 0 Å². The lowest BCUT2D eigenvalue weighted by molar-refractivity contribution is 0.202. The minimum absolute atomic E-state index is 0.646. The third-order valence-corrected chi connectivity index (χ3v) is 2.97. The summed E-state index contributed by atoms with van der Waals surface area (Å²) in [5.74, 6) is 2.65. The van der Waals surface area contributed by atoms with Crippen molar-refractivity contribution in [3.05, 3.63) is 11.3 Å². The van der Waals surface area contributed by atoms with E-state index in [-0.39, 0.29) is 0 Å². The van der Waals surface area contributed by atoms with Crippen LogP contribution in [0.2, 0.25) is 0 Å². The van der Waals surface area contributed by atoms with Crippen LogP contribution in [0, 0.1) is 11.8 Å². The molecule has 0 aromatic rings. The smallest absolute Gasteiger partial charge is 0.103 e. The van der Waals surface area contributed by atoms with Crippen molar-refractivity contribution in [2.24, 2.45) is 17.6 Å². The number of ether oxygens (including phenoxy) is 1. The van der Waals surface area contributed by atoms with Crippen molar-refractivity contribution in [1.82, 2.24) is 0 Å². The van der Waals surface area contributed by atoms with Crippen molar-refractivity contribution in [1.29, 1.82) is 0 Å². The van der Waals surface area contributed by atoms with Crippen LogP contribution in [0.3, 0.4) is 0 Å². The Labute approximate surface area is 87.5 Å². The molecule has 2 N–H and O–H groups in total. The van der Waals surface area contributed by atoms with Crippen molar-refractivity contribution in [3.63, 3.8) is 0 Å². The molecule has 0 fully saturated rings. The van der Waals surface area contributed by atoms with Crippen LogP contribution >= 0.6 is 0 Å². The van der Waals surface area contributed by atoms with E-state index in [0.29, 0.717) is 5.92 Å². The monoisotopic (exact) mass is 197 g/mol. The maximum absolute atomic E-state index is 5.69. The molecule has 14 heavy (non-hydrogen) atoms. The van der Waals surface area contributed by atoms with E-state index in [4.69, 9.17) is 10.5 Å². The van der Waals surface area contributed by atoms with Gasteiger partial charge in [0.25, 0.3) is 0 Å². The van der Waals surface area contributed by atoms with Gasteiger partial charge in [0.15, 0.2) is 0 Å². The third kappa shape index (κ3) is 2.74. The van der Waals surface area contributed by atoms with E-state index in [1.54, 1.807) is 0 Å². The quantitative estimate of drug-likeness (QED) is 0.637. The van der Waals surface area contributed by atoms with Gasteiger partial charge in [0, 0.05) is 5.92 Å². The second kappa shape index (κ2) is 5.40. The Kier molecular flexibility index (Phi) is 4.46. The number of hydrogen-bond donors (Lipinski definition) is 1. The van der Waals surface area contributed by atoms with E-state index < -0.39 is 0 Å². The van der Waals surface area contributed by atoms with Crippen molar-refractivity contribution >= 4 is 0 Å². The van der Waals surface area contributed by atoms with Gasteiger partial charge in [-0.25, -0.2) is 0 Å². The molecule has 0 spiro atoms. The van der Waals surface area contributed by atoms with Crippen LogP contribution in [0.1, 0.15) is 40.0 Å². The Balaban J connectivity index is 2.21. The summed E-state index contributed by atoms with van der Waals surface area (Å²) in [6.45, 7) is 8.26. The lowest BCUT2D eigenvalue weighted by Gasteiger charge is -2.10. The molecule has 0 aromatic carbocycles. The molecular weight excluding hydrogens is 174 g/mol. The highest BCUT2D eigenvalue weighted by Crippen LogP contribution is 2.46. The summed E-state index contributed by atoms with van der Waals surface area (Å²) >= 11 is 0. The average Bonchev–Trinajstić information content (AvgIpc) is 2.78. The molecule has 0 amide bonds. The zero-order valence-electron chi connectivity index (χ0n) is 9.68. The first-order valence-corrected chi connectivity index (χ1v) is 5.75.